The van der Waals surface area contributed by atoms with Gasteiger partial charge in [0.25, 0.3) is 0 Å². The van der Waals surface area contributed by atoms with Crippen LogP contribution in [0.1, 0.15) is 58.3 Å². The summed E-state index contributed by atoms with van der Waals surface area (Å²) in [5, 5.41) is 9.50. The molecule has 0 aliphatic heterocycles. The number of hydrogen-bond acceptors (Lipinski definition) is 2. The SMILES string of the molecule is C=C1CCC2(C1)CC(CCCC)C(N)(C(=O)O)C2. The Morgan fingerprint density at radius 3 is 2.83 bits per heavy atom. The Hall–Kier alpha value is -0.830. The molecule has 102 valence electrons. The molecule has 0 aromatic rings. The third-order valence-electron chi connectivity index (χ3n) is 5.01. The van der Waals surface area contributed by atoms with Gasteiger partial charge in [-0.2, -0.15) is 0 Å². The van der Waals surface area contributed by atoms with Crippen LogP contribution in [0.4, 0.5) is 0 Å². The second-order valence-electron chi connectivity index (χ2n) is 6.49. The summed E-state index contributed by atoms with van der Waals surface area (Å²) in [6.07, 6.45) is 7.88. The summed E-state index contributed by atoms with van der Waals surface area (Å²) in [4.78, 5) is 11.6. The number of unbranched alkanes of at least 4 members (excludes halogenated alkanes) is 1. The van der Waals surface area contributed by atoms with Gasteiger partial charge in [0.15, 0.2) is 0 Å². The predicted molar refractivity (Wildman–Crippen MR) is 72.2 cm³/mol. The minimum absolute atomic E-state index is 0.140. The number of hydrogen-bond donors (Lipinski definition) is 2. The van der Waals surface area contributed by atoms with Gasteiger partial charge in [0.05, 0.1) is 0 Å². The first-order valence-corrected chi connectivity index (χ1v) is 7.11. The number of carboxylic acids is 1. The van der Waals surface area contributed by atoms with Crippen molar-refractivity contribution in [2.45, 2.75) is 63.8 Å². The van der Waals surface area contributed by atoms with E-state index < -0.39 is 11.5 Å². The zero-order chi connectivity index (χ0) is 13.4. The summed E-state index contributed by atoms with van der Waals surface area (Å²) in [5.41, 5.74) is 6.68. The number of rotatable bonds is 4. The van der Waals surface area contributed by atoms with Crippen LogP contribution in [0.2, 0.25) is 0 Å². The first kappa shape index (κ1) is 13.6. The molecule has 3 nitrogen and oxygen atoms in total. The minimum Gasteiger partial charge on any atom is -0.480 e. The van der Waals surface area contributed by atoms with E-state index in [-0.39, 0.29) is 11.3 Å². The van der Waals surface area contributed by atoms with Crippen LogP contribution < -0.4 is 5.73 Å². The Kier molecular flexibility index (Phi) is 3.54. The highest BCUT2D eigenvalue weighted by Crippen LogP contribution is 2.58. The lowest BCUT2D eigenvalue weighted by atomic mass is 9.82. The molecule has 2 aliphatic carbocycles. The van der Waals surface area contributed by atoms with Gasteiger partial charge >= 0.3 is 5.97 Å². The molecule has 0 bridgehead atoms. The maximum atomic E-state index is 11.6. The lowest BCUT2D eigenvalue weighted by molar-refractivity contribution is -0.145. The molecule has 2 aliphatic rings. The van der Waals surface area contributed by atoms with Crippen LogP contribution in [0.25, 0.3) is 0 Å². The number of nitrogens with two attached hydrogens (primary N) is 1. The fourth-order valence-corrected chi connectivity index (χ4v) is 4.08. The fourth-order valence-electron chi connectivity index (χ4n) is 4.08. The Balaban J connectivity index is 2.18. The normalized spacial score (nSPS) is 39.7. The van der Waals surface area contributed by atoms with Crippen molar-refractivity contribution >= 4 is 5.97 Å². The van der Waals surface area contributed by atoms with Crippen molar-refractivity contribution in [3.05, 3.63) is 12.2 Å². The van der Waals surface area contributed by atoms with E-state index in [1.54, 1.807) is 0 Å². The highest BCUT2D eigenvalue weighted by molar-refractivity contribution is 5.79. The molecule has 2 rings (SSSR count). The lowest BCUT2D eigenvalue weighted by Gasteiger charge is -2.27. The van der Waals surface area contributed by atoms with Crippen molar-refractivity contribution in [3.63, 3.8) is 0 Å². The standard InChI is InChI=1S/C15H25NO2/c1-3-4-5-12-9-14(7-6-11(2)8-14)10-15(12,16)13(17)18/h12H,2-10,16H2,1H3,(H,17,18). The quantitative estimate of drug-likeness (QED) is 0.755. The summed E-state index contributed by atoms with van der Waals surface area (Å²) in [7, 11) is 0. The van der Waals surface area contributed by atoms with Crippen molar-refractivity contribution in [2.24, 2.45) is 17.1 Å². The minimum atomic E-state index is -1.00. The molecule has 3 unspecified atom stereocenters. The van der Waals surface area contributed by atoms with Crippen molar-refractivity contribution in [3.8, 4) is 0 Å². The monoisotopic (exact) mass is 251 g/mol. The van der Waals surface area contributed by atoms with E-state index in [0.29, 0.717) is 6.42 Å². The molecule has 3 N–H and O–H groups in total. The van der Waals surface area contributed by atoms with Gasteiger partial charge in [-0.25, -0.2) is 0 Å². The highest BCUT2D eigenvalue weighted by atomic mass is 16.4. The Labute approximate surface area is 109 Å². The Bertz CT molecular complexity index is 366. The van der Waals surface area contributed by atoms with Crippen LogP contribution in [0, 0.1) is 11.3 Å². The van der Waals surface area contributed by atoms with Gasteiger partial charge in [-0.15, -0.1) is 0 Å². The van der Waals surface area contributed by atoms with Gasteiger partial charge in [-0.3, -0.25) is 4.79 Å². The summed E-state index contributed by atoms with van der Waals surface area (Å²) < 4.78 is 0. The summed E-state index contributed by atoms with van der Waals surface area (Å²) in [6, 6.07) is 0. The molecule has 0 saturated heterocycles. The summed E-state index contributed by atoms with van der Waals surface area (Å²) in [6.45, 7) is 6.20. The fraction of sp³-hybridized carbons (Fsp3) is 0.800. The van der Waals surface area contributed by atoms with E-state index in [2.05, 4.69) is 13.5 Å². The molecule has 0 amide bonds. The molecule has 2 fully saturated rings. The average molecular weight is 251 g/mol. The van der Waals surface area contributed by atoms with Crippen molar-refractivity contribution in [1.29, 1.82) is 0 Å². The molecule has 0 heterocycles. The second-order valence-corrected chi connectivity index (χ2v) is 6.49. The second kappa shape index (κ2) is 4.69. The third kappa shape index (κ3) is 2.20. The molecule has 1 spiro atoms. The lowest BCUT2D eigenvalue weighted by Crippen LogP contribution is -2.51. The molecular weight excluding hydrogens is 226 g/mol. The van der Waals surface area contributed by atoms with Crippen LogP contribution in [0.15, 0.2) is 12.2 Å². The van der Waals surface area contributed by atoms with Gasteiger partial charge in [0.2, 0.25) is 0 Å². The van der Waals surface area contributed by atoms with E-state index in [0.717, 1.165) is 44.9 Å². The largest absolute Gasteiger partial charge is 0.480 e. The molecule has 0 aromatic carbocycles. The molecule has 3 atom stereocenters. The van der Waals surface area contributed by atoms with Crippen LogP contribution >= 0.6 is 0 Å². The van der Waals surface area contributed by atoms with E-state index in [1.165, 1.54) is 5.57 Å². The number of carbonyl (C=O) groups is 1. The molecule has 3 heteroatoms. The van der Waals surface area contributed by atoms with Gasteiger partial charge in [-0.1, -0.05) is 31.9 Å². The average Bonchev–Trinajstić information content (AvgIpc) is 2.78. The zero-order valence-corrected chi connectivity index (χ0v) is 11.4. The van der Waals surface area contributed by atoms with Crippen molar-refractivity contribution < 1.29 is 9.90 Å². The summed E-state index contributed by atoms with van der Waals surface area (Å²) in [5.74, 6) is -0.668. The maximum absolute atomic E-state index is 11.6. The van der Waals surface area contributed by atoms with Gasteiger partial charge in [0.1, 0.15) is 5.54 Å². The van der Waals surface area contributed by atoms with Crippen molar-refractivity contribution in [2.75, 3.05) is 0 Å². The first-order chi connectivity index (χ1) is 8.42. The number of carboxylic acid groups (broad SMARTS) is 1. The molecule has 18 heavy (non-hydrogen) atoms. The topological polar surface area (TPSA) is 63.3 Å². The van der Waals surface area contributed by atoms with Gasteiger partial charge in [0, 0.05) is 0 Å². The molecule has 0 radical (unpaired) electrons. The summed E-state index contributed by atoms with van der Waals surface area (Å²) >= 11 is 0. The van der Waals surface area contributed by atoms with E-state index in [9.17, 15) is 9.90 Å². The first-order valence-electron chi connectivity index (χ1n) is 7.11. The smallest absolute Gasteiger partial charge is 0.323 e. The van der Waals surface area contributed by atoms with Crippen LogP contribution in [-0.4, -0.2) is 16.6 Å². The van der Waals surface area contributed by atoms with Crippen LogP contribution in [0.3, 0.4) is 0 Å². The third-order valence-corrected chi connectivity index (χ3v) is 5.01. The maximum Gasteiger partial charge on any atom is 0.323 e. The predicted octanol–water partition coefficient (Wildman–Crippen LogP) is 3.10. The van der Waals surface area contributed by atoms with Crippen LogP contribution in [0.5, 0.6) is 0 Å². The van der Waals surface area contributed by atoms with Gasteiger partial charge < -0.3 is 10.8 Å². The molecular formula is C15H25NO2. The number of allylic oxidation sites excluding steroid dienone is 1. The Morgan fingerprint density at radius 2 is 2.33 bits per heavy atom. The Morgan fingerprint density at radius 1 is 1.61 bits per heavy atom. The molecule has 2 saturated carbocycles. The van der Waals surface area contributed by atoms with E-state index in [1.807, 2.05) is 0 Å². The highest BCUT2D eigenvalue weighted by Gasteiger charge is 2.57. The molecule has 0 aromatic heterocycles. The zero-order valence-electron chi connectivity index (χ0n) is 11.4. The van der Waals surface area contributed by atoms with Crippen molar-refractivity contribution in [1.82, 2.24) is 0 Å². The number of aliphatic carboxylic acids is 1. The van der Waals surface area contributed by atoms with Gasteiger partial charge in [-0.05, 0) is 49.9 Å². The van der Waals surface area contributed by atoms with E-state index >= 15 is 0 Å². The van der Waals surface area contributed by atoms with E-state index in [4.69, 9.17) is 5.73 Å². The van der Waals surface area contributed by atoms with Crippen LogP contribution in [-0.2, 0) is 4.79 Å².